The van der Waals surface area contributed by atoms with Gasteiger partial charge in [-0.2, -0.15) is 0 Å². The monoisotopic (exact) mass is 366 g/mol. The first-order valence-electron chi connectivity index (χ1n) is 8.71. The van der Waals surface area contributed by atoms with Gasteiger partial charge in [0.2, 0.25) is 0 Å². The maximum absolute atomic E-state index is 11.8. The van der Waals surface area contributed by atoms with Gasteiger partial charge in [0.05, 0.1) is 13.2 Å². The lowest BCUT2D eigenvalue weighted by Gasteiger charge is -2.23. The van der Waals surface area contributed by atoms with Crippen LogP contribution in [0.4, 0.5) is 4.79 Å². The lowest BCUT2D eigenvalue weighted by molar-refractivity contribution is -0.143. The Kier molecular flexibility index (Phi) is 9.09. The molecule has 0 saturated heterocycles. The number of methoxy groups -OCH3 is 1. The summed E-state index contributed by atoms with van der Waals surface area (Å²) in [7, 11) is 1.25. The van der Waals surface area contributed by atoms with Crippen molar-refractivity contribution in [3.05, 3.63) is 35.9 Å². The summed E-state index contributed by atoms with van der Waals surface area (Å²) in [6.45, 7) is 6.25. The molecule has 3 N–H and O–H groups in total. The summed E-state index contributed by atoms with van der Waals surface area (Å²) in [4.78, 5) is 23.7. The highest BCUT2D eigenvalue weighted by molar-refractivity contribution is 5.81. The second-order valence-electron chi connectivity index (χ2n) is 7.07. The second kappa shape index (κ2) is 10.8. The Morgan fingerprint density at radius 2 is 1.81 bits per heavy atom. The fourth-order valence-corrected chi connectivity index (χ4v) is 2.28. The molecule has 1 aromatic carbocycles. The fourth-order valence-electron chi connectivity index (χ4n) is 2.28. The largest absolute Gasteiger partial charge is 0.467 e. The zero-order valence-electron chi connectivity index (χ0n) is 16.0. The molecule has 7 heteroatoms. The third kappa shape index (κ3) is 9.39. The number of rotatable bonds is 9. The van der Waals surface area contributed by atoms with Gasteiger partial charge in [0.25, 0.3) is 0 Å². The molecule has 26 heavy (non-hydrogen) atoms. The number of carbonyl (C=O) groups is 2. The molecule has 7 nitrogen and oxygen atoms in total. The molecule has 0 bridgehead atoms. The van der Waals surface area contributed by atoms with Gasteiger partial charge in [-0.15, -0.1) is 0 Å². The molecular formula is C19H30N2O5. The normalized spacial score (nSPS) is 13.6. The molecule has 146 valence electrons. The molecule has 1 rings (SSSR count). The summed E-state index contributed by atoms with van der Waals surface area (Å²) in [5, 5.41) is 15.7. The molecule has 0 spiro atoms. The Hall–Kier alpha value is -2.12. The van der Waals surface area contributed by atoms with Crippen LogP contribution in [-0.2, 0) is 20.8 Å². The number of aliphatic hydroxyl groups is 1. The van der Waals surface area contributed by atoms with E-state index in [-0.39, 0.29) is 6.42 Å². The predicted molar refractivity (Wildman–Crippen MR) is 98.6 cm³/mol. The van der Waals surface area contributed by atoms with Crippen molar-refractivity contribution >= 4 is 12.1 Å². The highest BCUT2D eigenvalue weighted by Gasteiger charge is 2.25. The Morgan fingerprint density at radius 3 is 2.38 bits per heavy atom. The topological polar surface area (TPSA) is 96.9 Å². The molecule has 0 radical (unpaired) electrons. The van der Waals surface area contributed by atoms with E-state index in [1.54, 1.807) is 20.8 Å². The van der Waals surface area contributed by atoms with Crippen LogP contribution in [-0.4, -0.2) is 48.6 Å². The van der Waals surface area contributed by atoms with Crippen LogP contribution in [0.3, 0.4) is 0 Å². The van der Waals surface area contributed by atoms with Gasteiger partial charge in [0, 0.05) is 13.1 Å². The van der Waals surface area contributed by atoms with Crippen LogP contribution in [0.15, 0.2) is 30.3 Å². The first-order valence-corrected chi connectivity index (χ1v) is 8.71. The number of alkyl carbamates (subject to hydrolysis) is 1. The van der Waals surface area contributed by atoms with E-state index in [0.717, 1.165) is 5.56 Å². The van der Waals surface area contributed by atoms with Gasteiger partial charge in [-0.3, -0.25) is 0 Å². The van der Waals surface area contributed by atoms with Gasteiger partial charge >= 0.3 is 12.1 Å². The molecule has 1 unspecified atom stereocenters. The molecule has 0 saturated carbocycles. The van der Waals surface area contributed by atoms with Crippen molar-refractivity contribution in [2.24, 2.45) is 0 Å². The first-order chi connectivity index (χ1) is 12.2. The maximum Gasteiger partial charge on any atom is 0.408 e. The standard InChI is InChI=1S/C19H30N2O5/c1-19(2,3)26-18(24)21-16(17(23)25-4)11-10-15(22)13-20-12-14-8-6-5-7-9-14/h5-9,15-16,20,22H,10-13H2,1-4H3,(H,21,24)/t15?,16-/m0/s1. The summed E-state index contributed by atoms with van der Waals surface area (Å²) >= 11 is 0. The average molecular weight is 366 g/mol. The number of hydrogen-bond donors (Lipinski definition) is 3. The van der Waals surface area contributed by atoms with Gasteiger partial charge < -0.3 is 25.2 Å². The fraction of sp³-hybridized carbons (Fsp3) is 0.579. The van der Waals surface area contributed by atoms with E-state index in [2.05, 4.69) is 10.6 Å². The summed E-state index contributed by atoms with van der Waals surface area (Å²) < 4.78 is 9.86. The SMILES string of the molecule is COC(=O)[C@H](CCC(O)CNCc1ccccc1)NC(=O)OC(C)(C)C. The van der Waals surface area contributed by atoms with Crippen molar-refractivity contribution in [2.75, 3.05) is 13.7 Å². The number of ether oxygens (including phenoxy) is 2. The quantitative estimate of drug-likeness (QED) is 0.578. The molecular weight excluding hydrogens is 336 g/mol. The zero-order valence-corrected chi connectivity index (χ0v) is 16.0. The van der Waals surface area contributed by atoms with Gasteiger partial charge in [0.15, 0.2) is 0 Å². The van der Waals surface area contributed by atoms with Crippen LogP contribution in [0.5, 0.6) is 0 Å². The third-order valence-corrected chi connectivity index (χ3v) is 3.52. The summed E-state index contributed by atoms with van der Waals surface area (Å²) in [5.74, 6) is -0.569. The van der Waals surface area contributed by atoms with Gasteiger partial charge in [-0.05, 0) is 39.2 Å². The molecule has 0 aliphatic heterocycles. The zero-order chi connectivity index (χ0) is 19.6. The molecule has 0 aliphatic carbocycles. The van der Waals surface area contributed by atoms with E-state index in [1.165, 1.54) is 7.11 Å². The molecule has 0 fully saturated rings. The minimum absolute atomic E-state index is 0.250. The highest BCUT2D eigenvalue weighted by Crippen LogP contribution is 2.09. The molecule has 0 heterocycles. The molecule has 1 amide bonds. The Morgan fingerprint density at radius 1 is 1.15 bits per heavy atom. The van der Waals surface area contributed by atoms with E-state index in [1.807, 2.05) is 30.3 Å². The molecule has 1 aromatic rings. The Balaban J connectivity index is 2.40. The highest BCUT2D eigenvalue weighted by atomic mass is 16.6. The lowest BCUT2D eigenvalue weighted by Crippen LogP contribution is -2.44. The maximum atomic E-state index is 11.8. The van der Waals surface area contributed by atoms with Crippen molar-refractivity contribution in [3.8, 4) is 0 Å². The van der Waals surface area contributed by atoms with E-state index >= 15 is 0 Å². The smallest absolute Gasteiger partial charge is 0.408 e. The van der Waals surface area contributed by atoms with Crippen molar-refractivity contribution in [3.63, 3.8) is 0 Å². The van der Waals surface area contributed by atoms with Crippen LogP contribution in [0, 0.1) is 0 Å². The molecule has 2 atom stereocenters. The van der Waals surface area contributed by atoms with Crippen LogP contribution >= 0.6 is 0 Å². The van der Waals surface area contributed by atoms with Crippen molar-refractivity contribution in [1.29, 1.82) is 0 Å². The number of esters is 1. The summed E-state index contributed by atoms with van der Waals surface area (Å²) in [6.07, 6.45) is -0.756. The summed E-state index contributed by atoms with van der Waals surface area (Å²) in [5.41, 5.74) is 0.463. The van der Waals surface area contributed by atoms with Gasteiger partial charge in [-0.1, -0.05) is 30.3 Å². The van der Waals surface area contributed by atoms with Crippen LogP contribution < -0.4 is 10.6 Å². The minimum atomic E-state index is -0.862. The van der Waals surface area contributed by atoms with E-state index in [9.17, 15) is 14.7 Å². The van der Waals surface area contributed by atoms with E-state index in [4.69, 9.17) is 9.47 Å². The predicted octanol–water partition coefficient (Wildman–Crippen LogP) is 1.98. The number of amides is 1. The van der Waals surface area contributed by atoms with Crippen molar-refractivity contribution in [2.45, 2.75) is 57.9 Å². The van der Waals surface area contributed by atoms with Crippen LogP contribution in [0.2, 0.25) is 0 Å². The molecule has 0 aliphatic rings. The lowest BCUT2D eigenvalue weighted by atomic mass is 10.1. The second-order valence-corrected chi connectivity index (χ2v) is 7.07. The van der Waals surface area contributed by atoms with Gasteiger partial charge in [-0.25, -0.2) is 9.59 Å². The Labute approximate surface area is 155 Å². The first kappa shape index (κ1) is 21.9. The number of hydrogen-bond acceptors (Lipinski definition) is 6. The number of benzene rings is 1. The Bertz CT molecular complexity index is 557. The average Bonchev–Trinajstić information content (AvgIpc) is 2.57. The van der Waals surface area contributed by atoms with Crippen LogP contribution in [0.1, 0.15) is 39.2 Å². The minimum Gasteiger partial charge on any atom is -0.467 e. The van der Waals surface area contributed by atoms with Crippen molar-refractivity contribution < 1.29 is 24.2 Å². The van der Waals surface area contributed by atoms with Gasteiger partial charge in [0.1, 0.15) is 11.6 Å². The third-order valence-electron chi connectivity index (χ3n) is 3.52. The van der Waals surface area contributed by atoms with Crippen molar-refractivity contribution in [1.82, 2.24) is 10.6 Å². The summed E-state index contributed by atoms with van der Waals surface area (Å²) in [6, 6.07) is 8.99. The van der Waals surface area contributed by atoms with E-state index in [0.29, 0.717) is 19.5 Å². The molecule has 0 aromatic heterocycles. The van der Waals surface area contributed by atoms with Crippen LogP contribution in [0.25, 0.3) is 0 Å². The van der Waals surface area contributed by atoms with E-state index < -0.39 is 29.8 Å². The number of aliphatic hydroxyl groups excluding tert-OH is 1. The number of nitrogens with one attached hydrogen (secondary N) is 2. The number of carbonyl (C=O) groups excluding carboxylic acids is 2.